The Labute approximate surface area is 108 Å². The van der Waals surface area contributed by atoms with Gasteiger partial charge < -0.3 is 9.40 Å². The van der Waals surface area contributed by atoms with Gasteiger partial charge >= 0.3 is 0 Å². The number of nitrogens with zero attached hydrogens (tertiary/aromatic N) is 3. The van der Waals surface area contributed by atoms with Crippen LogP contribution >= 0.6 is 0 Å². The Morgan fingerprint density at radius 2 is 2.21 bits per heavy atom. The summed E-state index contributed by atoms with van der Waals surface area (Å²) in [4.78, 5) is 15.8. The van der Waals surface area contributed by atoms with Crippen molar-refractivity contribution < 1.29 is 4.42 Å². The molecule has 0 aliphatic carbocycles. The fourth-order valence-electron chi connectivity index (χ4n) is 2.27. The van der Waals surface area contributed by atoms with Crippen molar-refractivity contribution in [1.29, 1.82) is 0 Å². The molecule has 0 aliphatic heterocycles. The number of benzene rings is 1. The number of H-pyrrole nitrogens is 1. The van der Waals surface area contributed by atoms with E-state index in [0.717, 1.165) is 33.6 Å². The second kappa shape index (κ2) is 3.65. The number of rotatable bonds is 1. The van der Waals surface area contributed by atoms with Crippen molar-refractivity contribution in [3.8, 4) is 11.4 Å². The lowest BCUT2D eigenvalue weighted by Gasteiger charge is -1.97. The summed E-state index contributed by atoms with van der Waals surface area (Å²) in [5, 5.41) is 1.07. The molecule has 0 saturated carbocycles. The largest absolute Gasteiger partial charge is 0.461 e. The third-order valence-corrected chi connectivity index (χ3v) is 3.08. The van der Waals surface area contributed by atoms with Gasteiger partial charge in [-0.3, -0.25) is 0 Å². The van der Waals surface area contributed by atoms with Crippen LogP contribution in [0.1, 0.15) is 5.76 Å². The van der Waals surface area contributed by atoms with E-state index in [9.17, 15) is 0 Å². The first-order valence-electron chi connectivity index (χ1n) is 5.96. The molecule has 3 heterocycles. The van der Waals surface area contributed by atoms with Crippen molar-refractivity contribution in [3.63, 3.8) is 0 Å². The highest BCUT2D eigenvalue weighted by molar-refractivity contribution is 5.92. The van der Waals surface area contributed by atoms with Crippen molar-refractivity contribution in [2.75, 3.05) is 0 Å². The van der Waals surface area contributed by atoms with E-state index >= 15 is 0 Å². The fourth-order valence-corrected chi connectivity index (χ4v) is 2.27. The average molecular weight is 250 g/mol. The molecule has 0 spiro atoms. The Morgan fingerprint density at radius 3 is 3.11 bits per heavy atom. The molecule has 1 N–H and O–H groups in total. The van der Waals surface area contributed by atoms with Gasteiger partial charge in [0.25, 0.3) is 0 Å². The van der Waals surface area contributed by atoms with Gasteiger partial charge in [-0.05, 0) is 19.1 Å². The first kappa shape index (κ1) is 10.3. The number of hydrogen-bond donors (Lipinski definition) is 1. The summed E-state index contributed by atoms with van der Waals surface area (Å²) in [5.41, 5.74) is 3.25. The standard InChI is InChI=1S/C14H10N4O/c1-8-5-9-3-2-4-10(12(9)19-8)13-17-11-6-15-7-16-14(11)18-13/h2-7H,1H3,(H,15,16,17,18). The van der Waals surface area contributed by atoms with Gasteiger partial charge in [-0.1, -0.05) is 12.1 Å². The van der Waals surface area contributed by atoms with Gasteiger partial charge in [0.2, 0.25) is 0 Å². The Morgan fingerprint density at radius 1 is 1.26 bits per heavy atom. The molecule has 1 aromatic carbocycles. The number of imidazole rings is 1. The van der Waals surface area contributed by atoms with Crippen molar-refractivity contribution in [3.05, 3.63) is 42.5 Å². The lowest BCUT2D eigenvalue weighted by Crippen LogP contribution is -1.80. The molecule has 0 bridgehead atoms. The zero-order valence-corrected chi connectivity index (χ0v) is 10.2. The highest BCUT2D eigenvalue weighted by Crippen LogP contribution is 2.29. The molecule has 5 nitrogen and oxygen atoms in total. The van der Waals surface area contributed by atoms with Crippen LogP contribution in [-0.2, 0) is 0 Å². The molecule has 0 saturated heterocycles. The van der Waals surface area contributed by atoms with Gasteiger partial charge in [-0.25, -0.2) is 15.0 Å². The van der Waals surface area contributed by atoms with Crippen LogP contribution < -0.4 is 0 Å². The SMILES string of the molecule is Cc1cc2cccc(-c3nc4ncncc4[nH]3)c2o1. The summed E-state index contributed by atoms with van der Waals surface area (Å²) in [6.07, 6.45) is 3.21. The van der Waals surface area contributed by atoms with Crippen LogP contribution in [0, 0.1) is 6.92 Å². The summed E-state index contributed by atoms with van der Waals surface area (Å²) in [6.45, 7) is 1.94. The van der Waals surface area contributed by atoms with E-state index in [2.05, 4.69) is 19.9 Å². The van der Waals surface area contributed by atoms with E-state index in [-0.39, 0.29) is 0 Å². The van der Waals surface area contributed by atoms with E-state index in [1.807, 2.05) is 31.2 Å². The van der Waals surface area contributed by atoms with E-state index in [4.69, 9.17) is 4.42 Å². The molecule has 4 rings (SSSR count). The molecule has 0 unspecified atom stereocenters. The highest BCUT2D eigenvalue weighted by Gasteiger charge is 2.12. The van der Waals surface area contributed by atoms with E-state index in [1.165, 1.54) is 6.33 Å². The van der Waals surface area contributed by atoms with Crippen LogP contribution in [0.4, 0.5) is 0 Å². The van der Waals surface area contributed by atoms with E-state index in [1.54, 1.807) is 6.20 Å². The fraction of sp³-hybridized carbons (Fsp3) is 0.0714. The maximum Gasteiger partial charge on any atom is 0.181 e. The van der Waals surface area contributed by atoms with Crippen LogP contribution in [-0.4, -0.2) is 19.9 Å². The number of nitrogens with one attached hydrogen (secondary N) is 1. The second-order valence-corrected chi connectivity index (χ2v) is 4.43. The van der Waals surface area contributed by atoms with Crippen LogP contribution in [0.5, 0.6) is 0 Å². The normalized spacial score (nSPS) is 11.4. The quantitative estimate of drug-likeness (QED) is 0.563. The zero-order chi connectivity index (χ0) is 12.8. The average Bonchev–Trinajstić information content (AvgIpc) is 2.99. The van der Waals surface area contributed by atoms with Crippen LogP contribution in [0.2, 0.25) is 0 Å². The van der Waals surface area contributed by atoms with Gasteiger partial charge in [-0.2, -0.15) is 0 Å². The summed E-state index contributed by atoms with van der Waals surface area (Å²) < 4.78 is 5.75. The predicted octanol–water partition coefficient (Wildman–Crippen LogP) is 3.07. The van der Waals surface area contributed by atoms with Crippen molar-refractivity contribution in [2.45, 2.75) is 6.92 Å². The Bertz CT molecular complexity index is 858. The van der Waals surface area contributed by atoms with E-state index < -0.39 is 0 Å². The molecule has 19 heavy (non-hydrogen) atoms. The minimum Gasteiger partial charge on any atom is -0.461 e. The molecule has 92 valence electrons. The minimum absolute atomic E-state index is 0.658. The number of furan rings is 1. The zero-order valence-electron chi connectivity index (χ0n) is 10.2. The summed E-state index contributed by atoms with van der Waals surface area (Å²) in [6, 6.07) is 8.01. The number of aromatic nitrogens is 4. The number of fused-ring (bicyclic) bond motifs is 2. The number of hydrogen-bond acceptors (Lipinski definition) is 4. The predicted molar refractivity (Wildman–Crippen MR) is 71.6 cm³/mol. The lowest BCUT2D eigenvalue weighted by atomic mass is 10.1. The first-order valence-corrected chi connectivity index (χ1v) is 5.96. The minimum atomic E-state index is 0.658. The molecular formula is C14H10N4O. The van der Waals surface area contributed by atoms with Gasteiger partial charge in [0.1, 0.15) is 29.0 Å². The molecular weight excluding hydrogens is 240 g/mol. The smallest absolute Gasteiger partial charge is 0.181 e. The molecule has 3 aromatic heterocycles. The van der Waals surface area contributed by atoms with Gasteiger partial charge in [-0.15, -0.1) is 0 Å². The second-order valence-electron chi connectivity index (χ2n) is 4.43. The summed E-state index contributed by atoms with van der Waals surface area (Å²) >= 11 is 0. The number of aryl methyl sites for hydroxylation is 1. The van der Waals surface area contributed by atoms with Crippen molar-refractivity contribution in [2.24, 2.45) is 0 Å². The monoisotopic (exact) mass is 250 g/mol. The molecule has 5 heteroatoms. The third-order valence-electron chi connectivity index (χ3n) is 3.08. The summed E-state index contributed by atoms with van der Waals surface area (Å²) in [5.74, 6) is 1.63. The Balaban J connectivity index is 2.03. The van der Waals surface area contributed by atoms with Crippen LogP contribution in [0.3, 0.4) is 0 Å². The maximum absolute atomic E-state index is 5.75. The van der Waals surface area contributed by atoms with Gasteiger partial charge in [0, 0.05) is 5.39 Å². The Hall–Kier alpha value is -2.69. The van der Waals surface area contributed by atoms with Gasteiger partial charge in [0.15, 0.2) is 5.65 Å². The molecule has 4 aromatic rings. The number of aromatic amines is 1. The van der Waals surface area contributed by atoms with Crippen LogP contribution in [0.25, 0.3) is 33.5 Å². The third kappa shape index (κ3) is 1.52. The molecule has 0 aliphatic rings. The Kier molecular flexibility index (Phi) is 1.97. The summed E-state index contributed by atoms with van der Waals surface area (Å²) in [7, 11) is 0. The highest BCUT2D eigenvalue weighted by atomic mass is 16.3. The molecule has 0 amide bonds. The molecule has 0 atom stereocenters. The molecule has 0 radical (unpaired) electrons. The number of para-hydroxylation sites is 1. The lowest BCUT2D eigenvalue weighted by molar-refractivity contribution is 0.579. The first-order chi connectivity index (χ1) is 9.31. The van der Waals surface area contributed by atoms with Crippen LogP contribution in [0.15, 0.2) is 41.2 Å². The maximum atomic E-state index is 5.75. The van der Waals surface area contributed by atoms with Crippen molar-refractivity contribution >= 4 is 22.1 Å². The van der Waals surface area contributed by atoms with Crippen molar-refractivity contribution in [1.82, 2.24) is 19.9 Å². The molecule has 0 fully saturated rings. The topological polar surface area (TPSA) is 67.6 Å². The van der Waals surface area contributed by atoms with Gasteiger partial charge in [0.05, 0.1) is 11.8 Å². The van der Waals surface area contributed by atoms with E-state index in [0.29, 0.717) is 5.65 Å².